The topological polar surface area (TPSA) is 46.0 Å². The first-order valence-electron chi connectivity index (χ1n) is 10.7. The molecule has 1 saturated carbocycles. The lowest BCUT2D eigenvalue weighted by Gasteiger charge is -2.29. The van der Waals surface area contributed by atoms with E-state index in [1.807, 2.05) is 6.20 Å². The van der Waals surface area contributed by atoms with E-state index in [2.05, 4.69) is 57.0 Å². The Kier molecular flexibility index (Phi) is 4.81. The molecule has 1 aromatic carbocycles. The molecule has 5 rings (SSSR count). The number of hydrogen-bond donors (Lipinski definition) is 1. The molecule has 3 aromatic rings. The van der Waals surface area contributed by atoms with Crippen molar-refractivity contribution < 1.29 is 0 Å². The number of fused-ring (bicyclic) bond motifs is 1. The van der Waals surface area contributed by atoms with Gasteiger partial charge in [0.15, 0.2) is 0 Å². The lowest BCUT2D eigenvalue weighted by Crippen LogP contribution is -2.43. The van der Waals surface area contributed by atoms with Crippen molar-refractivity contribution in [1.29, 1.82) is 0 Å². The van der Waals surface area contributed by atoms with Crippen LogP contribution in [-0.4, -0.2) is 48.0 Å². The smallest absolute Gasteiger partial charge is 0.240 e. The molecule has 1 N–H and O–H groups in total. The molecular formula is C22H28BN5. The molecule has 2 aromatic heterocycles. The molecule has 3 heterocycles. The quantitative estimate of drug-likeness (QED) is 0.707. The van der Waals surface area contributed by atoms with Crippen LogP contribution in [0, 0.1) is 6.92 Å². The van der Waals surface area contributed by atoms with E-state index in [-0.39, 0.29) is 0 Å². The molecule has 5 nitrogen and oxygen atoms in total. The first-order chi connectivity index (χ1) is 13.8. The van der Waals surface area contributed by atoms with Crippen LogP contribution in [0.25, 0.3) is 11.0 Å². The van der Waals surface area contributed by atoms with Crippen molar-refractivity contribution in [3.8, 4) is 0 Å². The minimum atomic E-state index is 0.610. The maximum atomic E-state index is 4.98. The van der Waals surface area contributed by atoms with Gasteiger partial charge >= 0.3 is 0 Å². The lowest BCUT2D eigenvalue weighted by molar-refractivity contribution is 0.522. The first-order valence-corrected chi connectivity index (χ1v) is 10.7. The van der Waals surface area contributed by atoms with Crippen LogP contribution in [-0.2, 0) is 0 Å². The third-order valence-electron chi connectivity index (χ3n) is 6.29. The van der Waals surface area contributed by atoms with Crippen LogP contribution in [0.15, 0.2) is 36.5 Å². The fourth-order valence-corrected chi connectivity index (χ4v) is 4.81. The van der Waals surface area contributed by atoms with Gasteiger partial charge in [0, 0.05) is 55.2 Å². The highest BCUT2D eigenvalue weighted by atomic mass is 15.2. The molecule has 1 aliphatic carbocycles. The number of anilines is 1. The molecule has 0 amide bonds. The molecule has 0 bridgehead atoms. The average molecular weight is 373 g/mol. The Balaban J connectivity index is 1.38. The van der Waals surface area contributed by atoms with E-state index in [1.165, 1.54) is 47.9 Å². The van der Waals surface area contributed by atoms with Crippen LogP contribution in [0.4, 0.5) is 5.69 Å². The molecule has 0 atom stereocenters. The van der Waals surface area contributed by atoms with E-state index in [4.69, 9.17) is 4.98 Å². The molecule has 6 heteroatoms. The minimum Gasteiger partial charge on any atom is -0.369 e. The second-order valence-electron chi connectivity index (χ2n) is 8.24. The van der Waals surface area contributed by atoms with Crippen molar-refractivity contribution in [2.24, 2.45) is 0 Å². The van der Waals surface area contributed by atoms with Crippen molar-refractivity contribution in [3.05, 3.63) is 42.2 Å². The standard InChI is InChI=1S/C22H28BN5/c1-16-14-17-15-25-22(26-21(17)28(16)20-4-2-3-5-20)23-18-6-8-19(9-7-18)27-12-10-24-11-13-27/h6-9,14-15,20,23-24H,2-5,10-13H2,1H3. The van der Waals surface area contributed by atoms with Crippen LogP contribution < -0.4 is 21.4 Å². The zero-order chi connectivity index (χ0) is 18.9. The Labute approximate surface area is 167 Å². The zero-order valence-corrected chi connectivity index (χ0v) is 16.7. The minimum absolute atomic E-state index is 0.610. The summed E-state index contributed by atoms with van der Waals surface area (Å²) in [6, 6.07) is 11.8. The summed E-state index contributed by atoms with van der Waals surface area (Å²) in [4.78, 5) is 12.1. The van der Waals surface area contributed by atoms with E-state index in [9.17, 15) is 0 Å². The van der Waals surface area contributed by atoms with Gasteiger partial charge in [-0.2, -0.15) is 0 Å². The van der Waals surface area contributed by atoms with Gasteiger partial charge in [0.1, 0.15) is 5.65 Å². The summed E-state index contributed by atoms with van der Waals surface area (Å²) >= 11 is 0. The van der Waals surface area contributed by atoms with Gasteiger partial charge in [-0.05, 0) is 38.0 Å². The number of nitrogens with one attached hydrogen (secondary N) is 1. The maximum Gasteiger partial charge on any atom is 0.240 e. The SMILES string of the molecule is Cc1cc2cnc(Bc3ccc(N4CCNCC4)cc3)nc2n1C1CCCC1. The molecule has 0 radical (unpaired) electrons. The number of nitrogens with zero attached hydrogens (tertiary/aromatic N) is 4. The summed E-state index contributed by atoms with van der Waals surface area (Å²) in [7, 11) is 0.784. The van der Waals surface area contributed by atoms with Crippen LogP contribution in [0.3, 0.4) is 0 Å². The molecule has 2 aliphatic rings. The largest absolute Gasteiger partial charge is 0.369 e. The Bertz CT molecular complexity index is 953. The highest BCUT2D eigenvalue weighted by Crippen LogP contribution is 2.33. The van der Waals surface area contributed by atoms with E-state index >= 15 is 0 Å². The monoisotopic (exact) mass is 373 g/mol. The van der Waals surface area contributed by atoms with Gasteiger partial charge in [-0.1, -0.05) is 30.4 Å². The summed E-state index contributed by atoms with van der Waals surface area (Å²) in [5.41, 5.74) is 5.93. The van der Waals surface area contributed by atoms with Crippen LogP contribution >= 0.6 is 0 Å². The van der Waals surface area contributed by atoms with E-state index in [0.29, 0.717) is 6.04 Å². The molecule has 1 aliphatic heterocycles. The summed E-state index contributed by atoms with van der Waals surface area (Å²) in [5, 5.41) is 4.58. The molecule has 144 valence electrons. The van der Waals surface area contributed by atoms with Crippen molar-refractivity contribution in [3.63, 3.8) is 0 Å². The molecule has 0 unspecified atom stereocenters. The van der Waals surface area contributed by atoms with Crippen molar-refractivity contribution in [1.82, 2.24) is 19.9 Å². The summed E-state index contributed by atoms with van der Waals surface area (Å²) in [5.74, 6) is 0. The Morgan fingerprint density at radius 3 is 2.57 bits per heavy atom. The number of aryl methyl sites for hydroxylation is 1. The molecule has 1 saturated heterocycles. The fraction of sp³-hybridized carbons (Fsp3) is 0.455. The van der Waals surface area contributed by atoms with Gasteiger partial charge in [0.25, 0.3) is 0 Å². The van der Waals surface area contributed by atoms with Crippen LogP contribution in [0.1, 0.15) is 37.4 Å². The number of piperazine rings is 1. The second-order valence-corrected chi connectivity index (χ2v) is 8.24. The number of aromatic nitrogens is 3. The third-order valence-corrected chi connectivity index (χ3v) is 6.29. The molecule has 28 heavy (non-hydrogen) atoms. The summed E-state index contributed by atoms with van der Waals surface area (Å²) in [6.07, 6.45) is 7.22. The van der Waals surface area contributed by atoms with Gasteiger partial charge in [0.2, 0.25) is 7.28 Å². The summed E-state index contributed by atoms with van der Waals surface area (Å²) in [6.45, 7) is 6.49. The van der Waals surface area contributed by atoms with Crippen molar-refractivity contribution in [2.75, 3.05) is 31.1 Å². The molecular weight excluding hydrogens is 345 g/mol. The van der Waals surface area contributed by atoms with Gasteiger partial charge < -0.3 is 14.8 Å². The van der Waals surface area contributed by atoms with Gasteiger partial charge in [-0.25, -0.2) is 4.98 Å². The van der Waals surface area contributed by atoms with Gasteiger partial charge in [-0.15, -0.1) is 0 Å². The number of hydrogen-bond acceptors (Lipinski definition) is 4. The lowest BCUT2D eigenvalue weighted by atomic mass is 9.69. The molecule has 0 spiro atoms. The normalized spacial score (nSPS) is 18.1. The van der Waals surface area contributed by atoms with Crippen LogP contribution in [0.5, 0.6) is 0 Å². The van der Waals surface area contributed by atoms with E-state index < -0.39 is 0 Å². The highest BCUT2D eigenvalue weighted by Gasteiger charge is 2.21. The fourth-order valence-electron chi connectivity index (χ4n) is 4.81. The Morgan fingerprint density at radius 2 is 1.82 bits per heavy atom. The van der Waals surface area contributed by atoms with Gasteiger partial charge in [0.05, 0.1) is 5.72 Å². The third kappa shape index (κ3) is 3.41. The Morgan fingerprint density at radius 1 is 1.07 bits per heavy atom. The van der Waals surface area contributed by atoms with Crippen molar-refractivity contribution >= 4 is 35.2 Å². The predicted octanol–water partition coefficient (Wildman–Crippen LogP) is 1.65. The first kappa shape index (κ1) is 17.7. The number of rotatable bonds is 4. The zero-order valence-electron chi connectivity index (χ0n) is 16.7. The molecule has 2 fully saturated rings. The highest BCUT2D eigenvalue weighted by molar-refractivity contribution is 6.65. The van der Waals surface area contributed by atoms with Gasteiger partial charge in [-0.3, -0.25) is 4.98 Å². The number of benzene rings is 1. The van der Waals surface area contributed by atoms with Crippen molar-refractivity contribution in [2.45, 2.75) is 38.6 Å². The Hall–Kier alpha value is -2.34. The second kappa shape index (κ2) is 7.59. The van der Waals surface area contributed by atoms with Crippen LogP contribution in [0.2, 0.25) is 0 Å². The van der Waals surface area contributed by atoms with E-state index in [0.717, 1.165) is 44.8 Å². The summed E-state index contributed by atoms with van der Waals surface area (Å²) < 4.78 is 2.46. The average Bonchev–Trinajstić information content (AvgIpc) is 3.36. The maximum absolute atomic E-state index is 4.98. The van der Waals surface area contributed by atoms with E-state index in [1.54, 1.807) is 0 Å². The predicted molar refractivity (Wildman–Crippen MR) is 118 cm³/mol.